The minimum Gasteiger partial charge on any atom is -0.392 e. The molecule has 1 unspecified atom stereocenters. The molecule has 0 aliphatic heterocycles. The van der Waals surface area contributed by atoms with E-state index in [1.165, 1.54) is 42.6 Å². The van der Waals surface area contributed by atoms with Crippen molar-refractivity contribution in [1.29, 1.82) is 0 Å². The highest BCUT2D eigenvalue weighted by atomic mass is 16.3. The van der Waals surface area contributed by atoms with Gasteiger partial charge in [0.25, 0.3) is 0 Å². The minimum absolute atomic E-state index is 0.0807. The Hall–Kier alpha value is -0.760. The number of aliphatic hydroxyl groups excluding tert-OH is 1. The van der Waals surface area contributed by atoms with Crippen LogP contribution in [0.4, 0.5) is 0 Å². The number of hydrogen-bond donors (Lipinski definition) is 2. The summed E-state index contributed by atoms with van der Waals surface area (Å²) in [5, 5.41) is 9.84. The molecule has 0 saturated heterocycles. The summed E-state index contributed by atoms with van der Waals surface area (Å²) in [4.78, 5) is 3.56. The minimum atomic E-state index is -0.211. The molecule has 1 aromatic heterocycles. The maximum absolute atomic E-state index is 9.84. The summed E-state index contributed by atoms with van der Waals surface area (Å²) < 4.78 is 0. The summed E-state index contributed by atoms with van der Waals surface area (Å²) in [7, 11) is 0. The molecule has 15 heavy (non-hydrogen) atoms. The molecule has 0 radical (unpaired) electrons. The van der Waals surface area contributed by atoms with Gasteiger partial charge in [-0.25, -0.2) is 0 Å². The van der Waals surface area contributed by atoms with Crippen molar-refractivity contribution in [1.82, 2.24) is 4.98 Å². The van der Waals surface area contributed by atoms with Crippen molar-refractivity contribution in [2.45, 2.75) is 57.0 Å². The van der Waals surface area contributed by atoms with Crippen molar-refractivity contribution >= 4 is 0 Å². The molecule has 0 amide bonds. The predicted molar refractivity (Wildman–Crippen MR) is 60.0 cm³/mol. The molecule has 82 valence electrons. The second kappa shape index (κ2) is 3.11. The lowest BCUT2D eigenvalue weighted by molar-refractivity contribution is 0.149. The third-order valence-electron chi connectivity index (χ3n) is 4.24. The summed E-state index contributed by atoms with van der Waals surface area (Å²) in [5.74, 6) is 0. The molecule has 1 atom stereocenters. The van der Waals surface area contributed by atoms with E-state index >= 15 is 0 Å². The van der Waals surface area contributed by atoms with Crippen molar-refractivity contribution in [2.75, 3.05) is 0 Å². The van der Waals surface area contributed by atoms with Crippen LogP contribution < -0.4 is 0 Å². The smallest absolute Gasteiger partial charge is 0.0623 e. The van der Waals surface area contributed by atoms with Gasteiger partial charge < -0.3 is 10.1 Å². The van der Waals surface area contributed by atoms with Crippen LogP contribution in [0, 0.1) is 0 Å². The molecule has 2 nitrogen and oxygen atoms in total. The topological polar surface area (TPSA) is 36.0 Å². The quantitative estimate of drug-likeness (QED) is 0.763. The Labute approximate surface area is 90.7 Å². The Morgan fingerprint density at radius 3 is 2.67 bits per heavy atom. The van der Waals surface area contributed by atoms with Crippen molar-refractivity contribution in [3.05, 3.63) is 23.0 Å². The Morgan fingerprint density at radius 2 is 2.07 bits per heavy atom. The molecule has 0 bridgehead atoms. The first-order valence-corrected chi connectivity index (χ1v) is 6.12. The second-order valence-corrected chi connectivity index (χ2v) is 5.23. The SMILES string of the molecule is CC(O)C1(c2cc3c([nH]2)CCCC3)CC1. The van der Waals surface area contributed by atoms with Gasteiger partial charge in [-0.3, -0.25) is 0 Å². The zero-order chi connectivity index (χ0) is 10.5. The summed E-state index contributed by atoms with van der Waals surface area (Å²) in [6.07, 6.45) is 7.14. The molecular formula is C13H19NO. The van der Waals surface area contributed by atoms with E-state index in [9.17, 15) is 5.11 Å². The third kappa shape index (κ3) is 1.35. The van der Waals surface area contributed by atoms with Gasteiger partial charge in [-0.2, -0.15) is 0 Å². The van der Waals surface area contributed by atoms with E-state index in [2.05, 4.69) is 11.1 Å². The molecular weight excluding hydrogens is 186 g/mol. The van der Waals surface area contributed by atoms with Gasteiger partial charge in [-0.15, -0.1) is 0 Å². The van der Waals surface area contributed by atoms with Gasteiger partial charge in [0.1, 0.15) is 0 Å². The first kappa shape index (κ1) is 9.46. The van der Waals surface area contributed by atoms with Gasteiger partial charge in [0.15, 0.2) is 0 Å². The van der Waals surface area contributed by atoms with E-state index < -0.39 is 0 Å². The van der Waals surface area contributed by atoms with Crippen LogP contribution in [0.5, 0.6) is 0 Å². The molecule has 1 saturated carbocycles. The molecule has 2 N–H and O–H groups in total. The summed E-state index contributed by atoms with van der Waals surface area (Å²) in [5.41, 5.74) is 4.31. The fourth-order valence-electron chi connectivity index (χ4n) is 2.92. The van der Waals surface area contributed by atoms with Crippen molar-refractivity contribution in [3.8, 4) is 0 Å². The highest BCUT2D eigenvalue weighted by Crippen LogP contribution is 2.51. The average molecular weight is 205 g/mol. The number of rotatable bonds is 2. The number of H-pyrrole nitrogens is 1. The molecule has 2 heteroatoms. The van der Waals surface area contributed by atoms with Crippen LogP contribution >= 0.6 is 0 Å². The number of nitrogens with one attached hydrogen (secondary N) is 1. The summed E-state index contributed by atoms with van der Waals surface area (Å²) in [6.45, 7) is 1.92. The van der Waals surface area contributed by atoms with Gasteiger partial charge in [-0.05, 0) is 57.1 Å². The third-order valence-corrected chi connectivity index (χ3v) is 4.24. The van der Waals surface area contributed by atoms with Crippen LogP contribution in [0.3, 0.4) is 0 Å². The fraction of sp³-hybridized carbons (Fsp3) is 0.692. The number of aromatic nitrogens is 1. The molecule has 0 spiro atoms. The van der Waals surface area contributed by atoms with Crippen molar-refractivity contribution in [3.63, 3.8) is 0 Å². The van der Waals surface area contributed by atoms with E-state index in [0.717, 1.165) is 12.8 Å². The predicted octanol–water partition coefficient (Wildman–Crippen LogP) is 2.31. The van der Waals surface area contributed by atoms with Crippen molar-refractivity contribution < 1.29 is 5.11 Å². The molecule has 2 aliphatic rings. The lowest BCUT2D eigenvalue weighted by Gasteiger charge is -2.16. The molecule has 3 rings (SSSR count). The van der Waals surface area contributed by atoms with Crippen LogP contribution in [-0.2, 0) is 18.3 Å². The maximum atomic E-state index is 9.84. The van der Waals surface area contributed by atoms with Gasteiger partial charge in [0, 0.05) is 16.8 Å². The maximum Gasteiger partial charge on any atom is 0.0623 e. The molecule has 1 heterocycles. The molecule has 1 aromatic rings. The zero-order valence-corrected chi connectivity index (χ0v) is 9.34. The Morgan fingerprint density at radius 1 is 1.33 bits per heavy atom. The van der Waals surface area contributed by atoms with Crippen LogP contribution in [0.1, 0.15) is 49.6 Å². The lowest BCUT2D eigenvalue weighted by Crippen LogP contribution is -2.22. The summed E-state index contributed by atoms with van der Waals surface area (Å²) >= 11 is 0. The number of aryl methyl sites for hydroxylation is 2. The lowest BCUT2D eigenvalue weighted by atomic mass is 9.94. The zero-order valence-electron chi connectivity index (χ0n) is 9.34. The largest absolute Gasteiger partial charge is 0.392 e. The number of aliphatic hydroxyl groups is 1. The highest BCUT2D eigenvalue weighted by Gasteiger charge is 2.49. The van der Waals surface area contributed by atoms with E-state index in [1.54, 1.807) is 0 Å². The normalized spacial score (nSPS) is 24.7. The number of fused-ring (bicyclic) bond motifs is 1. The Kier molecular flexibility index (Phi) is 1.96. The van der Waals surface area contributed by atoms with Crippen molar-refractivity contribution in [2.24, 2.45) is 0 Å². The van der Waals surface area contributed by atoms with E-state index in [1.807, 2.05) is 6.92 Å². The van der Waals surface area contributed by atoms with E-state index in [-0.39, 0.29) is 11.5 Å². The first-order chi connectivity index (χ1) is 7.22. The van der Waals surface area contributed by atoms with Crippen LogP contribution in [0.25, 0.3) is 0 Å². The Bertz CT molecular complexity index is 350. The van der Waals surface area contributed by atoms with Crippen LogP contribution in [0.2, 0.25) is 0 Å². The Balaban J connectivity index is 1.96. The van der Waals surface area contributed by atoms with E-state index in [4.69, 9.17) is 0 Å². The van der Waals surface area contributed by atoms with E-state index in [0.29, 0.717) is 0 Å². The number of aromatic amines is 1. The van der Waals surface area contributed by atoms with Crippen LogP contribution in [0.15, 0.2) is 6.07 Å². The molecule has 1 fully saturated rings. The average Bonchev–Trinajstić information content (AvgIpc) is 2.93. The highest BCUT2D eigenvalue weighted by molar-refractivity contribution is 5.36. The summed E-state index contributed by atoms with van der Waals surface area (Å²) in [6, 6.07) is 2.31. The van der Waals surface area contributed by atoms with Crippen LogP contribution in [-0.4, -0.2) is 16.2 Å². The fourth-order valence-corrected chi connectivity index (χ4v) is 2.92. The molecule has 2 aliphatic carbocycles. The van der Waals surface area contributed by atoms with Gasteiger partial charge in [0.2, 0.25) is 0 Å². The van der Waals surface area contributed by atoms with Gasteiger partial charge in [-0.1, -0.05) is 0 Å². The first-order valence-electron chi connectivity index (χ1n) is 6.12. The van der Waals surface area contributed by atoms with Gasteiger partial charge >= 0.3 is 0 Å². The standard InChI is InChI=1S/C13H19NO/c1-9(15)13(6-7-13)12-8-10-4-2-3-5-11(10)14-12/h8-9,14-15H,2-7H2,1H3. The second-order valence-electron chi connectivity index (χ2n) is 5.23. The molecule has 0 aromatic carbocycles. The monoisotopic (exact) mass is 205 g/mol. The number of hydrogen-bond acceptors (Lipinski definition) is 1. The van der Waals surface area contributed by atoms with Gasteiger partial charge in [0.05, 0.1) is 6.10 Å².